The number of unbranched alkanes of at least 4 members (excludes halogenated alkanes) is 2. The highest BCUT2D eigenvalue weighted by molar-refractivity contribution is 7.86. The largest absolute Gasteiger partial charge is 0.438 e. The fraction of sp³-hybridized carbons (Fsp3) is 0.324. The van der Waals surface area contributed by atoms with Crippen LogP contribution in [0.4, 0.5) is 5.69 Å². The van der Waals surface area contributed by atoms with Gasteiger partial charge in [0.15, 0.2) is 5.75 Å². The summed E-state index contributed by atoms with van der Waals surface area (Å²) < 4.78 is 69.7. The molecule has 1 aromatic heterocycles. The number of ether oxygens (including phenoxy) is 1. The molecule has 0 amide bonds. The molecule has 3 aromatic carbocycles. The molecule has 0 atom stereocenters. The predicted octanol–water partition coefficient (Wildman–Crippen LogP) is 5.62. The number of hydrogen-bond donors (Lipinski definition) is 2. The van der Waals surface area contributed by atoms with E-state index in [0.29, 0.717) is 57.0 Å². The summed E-state index contributed by atoms with van der Waals surface area (Å²) in [6.45, 7) is 5.22. The number of hydroxylamine groups is 1. The molecule has 0 unspecified atom stereocenters. The van der Waals surface area contributed by atoms with Gasteiger partial charge in [0.25, 0.3) is 20.2 Å². The average Bonchev–Trinajstić information content (AvgIpc) is 3.37. The molecule has 0 aliphatic carbocycles. The number of aromatic nitrogens is 1. The fourth-order valence-electron chi connectivity index (χ4n) is 5.50. The molecule has 0 spiro atoms. The minimum Gasteiger partial charge on any atom is -0.438 e. The summed E-state index contributed by atoms with van der Waals surface area (Å²) in [5, 5.41) is 1.05. The molecule has 10 nitrogen and oxygen atoms in total. The molecule has 1 aliphatic heterocycles. The number of benzene rings is 3. The number of nitrogens with one attached hydrogen (secondary N) is 1. The van der Waals surface area contributed by atoms with Crippen molar-refractivity contribution in [2.45, 2.75) is 46.1 Å². The van der Waals surface area contributed by atoms with Crippen molar-refractivity contribution in [2.24, 2.45) is 0 Å². The van der Waals surface area contributed by atoms with Crippen LogP contribution in [0.3, 0.4) is 0 Å². The van der Waals surface area contributed by atoms with Crippen LogP contribution >= 0.6 is 0 Å². The smallest absolute Gasteiger partial charge is 0.283 e. The van der Waals surface area contributed by atoms with E-state index in [4.69, 9.17) is 9.02 Å². The number of aryl methyl sites for hydroxylation is 2. The van der Waals surface area contributed by atoms with Gasteiger partial charge in [0.1, 0.15) is 6.54 Å². The standard InChI is InChI=1S/C34H39N3O7S2/c1-3-35-44-46(41,42)22-10-8-20-37-32-24-28(27-11-5-4-6-12-27)15-18-33(32)43-34(37)25-30-16-14-29-23-26(2)13-17-31(29)36(30)19-7-9-21-45(38,39)40/h4-6,11-18,23-25,35H,3,7-10,19-22H2,1-2H3/p+1. The third kappa shape index (κ3) is 8.71. The number of anilines is 1. The molecule has 0 saturated heterocycles. The lowest BCUT2D eigenvalue weighted by atomic mass is 10.0. The van der Waals surface area contributed by atoms with Gasteiger partial charge in [0.2, 0.25) is 17.1 Å². The summed E-state index contributed by atoms with van der Waals surface area (Å²) in [4.78, 5) is 2.07. The lowest BCUT2D eigenvalue weighted by Crippen LogP contribution is -2.38. The molecule has 0 radical (unpaired) electrons. The maximum absolute atomic E-state index is 12.2. The highest BCUT2D eigenvalue weighted by atomic mass is 32.2. The quantitative estimate of drug-likeness (QED) is 0.0720. The van der Waals surface area contributed by atoms with Gasteiger partial charge in [-0.2, -0.15) is 31.2 Å². The number of hydrogen-bond acceptors (Lipinski definition) is 8. The van der Waals surface area contributed by atoms with Crippen LogP contribution in [0.5, 0.6) is 5.75 Å². The molecule has 5 rings (SSSR count). The Bertz CT molecular complexity index is 1930. The molecule has 12 heteroatoms. The minimum atomic E-state index is -4.04. The lowest BCUT2D eigenvalue weighted by molar-refractivity contribution is -0.673. The molecule has 2 N–H and O–H groups in total. The van der Waals surface area contributed by atoms with Crippen LogP contribution in [0.1, 0.15) is 43.9 Å². The van der Waals surface area contributed by atoms with Crippen molar-refractivity contribution >= 4 is 42.9 Å². The van der Waals surface area contributed by atoms with Crippen LogP contribution in [0.15, 0.2) is 84.7 Å². The molecule has 2 heterocycles. The molecule has 46 heavy (non-hydrogen) atoms. The van der Waals surface area contributed by atoms with Gasteiger partial charge in [-0.05, 0) is 61.6 Å². The Morgan fingerprint density at radius 3 is 2.43 bits per heavy atom. The highest BCUT2D eigenvalue weighted by Gasteiger charge is 2.29. The lowest BCUT2D eigenvalue weighted by Gasteiger charge is -2.19. The number of fused-ring (bicyclic) bond motifs is 2. The summed E-state index contributed by atoms with van der Waals surface area (Å²) >= 11 is 0. The average molecular weight is 667 g/mol. The van der Waals surface area contributed by atoms with Crippen LogP contribution in [0, 0.1) is 6.92 Å². The van der Waals surface area contributed by atoms with E-state index in [2.05, 4.69) is 51.3 Å². The first kappa shape index (κ1) is 33.6. The Labute approximate surface area is 271 Å². The Morgan fingerprint density at radius 1 is 0.891 bits per heavy atom. The van der Waals surface area contributed by atoms with Gasteiger partial charge in [0.05, 0.1) is 23.3 Å². The van der Waals surface area contributed by atoms with Crippen LogP contribution in [0.25, 0.3) is 28.1 Å². The predicted molar refractivity (Wildman–Crippen MR) is 180 cm³/mol. The third-order valence-electron chi connectivity index (χ3n) is 7.72. The highest BCUT2D eigenvalue weighted by Crippen LogP contribution is 2.42. The van der Waals surface area contributed by atoms with Gasteiger partial charge >= 0.3 is 0 Å². The summed E-state index contributed by atoms with van der Waals surface area (Å²) in [6, 6.07) is 26.4. The summed E-state index contributed by atoms with van der Waals surface area (Å²) in [6.07, 6.45) is 3.80. The van der Waals surface area contributed by atoms with Crippen molar-refractivity contribution in [1.29, 1.82) is 0 Å². The molecular weight excluding hydrogens is 627 g/mol. The van der Waals surface area contributed by atoms with Crippen molar-refractivity contribution in [2.75, 3.05) is 29.5 Å². The van der Waals surface area contributed by atoms with Gasteiger partial charge in [-0.15, -0.1) is 0 Å². The zero-order valence-electron chi connectivity index (χ0n) is 26.1. The normalized spacial score (nSPS) is 14.2. The van der Waals surface area contributed by atoms with Crippen LogP contribution in [-0.2, 0) is 31.1 Å². The Morgan fingerprint density at radius 2 is 1.67 bits per heavy atom. The molecule has 4 aromatic rings. The van der Waals surface area contributed by atoms with Crippen LogP contribution < -0.4 is 19.7 Å². The van der Waals surface area contributed by atoms with E-state index in [9.17, 15) is 21.4 Å². The zero-order chi connectivity index (χ0) is 32.7. The van der Waals surface area contributed by atoms with Gasteiger partial charge in [-0.25, -0.2) is 0 Å². The van der Waals surface area contributed by atoms with Crippen molar-refractivity contribution in [3.8, 4) is 16.9 Å². The summed E-state index contributed by atoms with van der Waals surface area (Å²) in [7, 11) is -7.73. The second kappa shape index (κ2) is 14.7. The van der Waals surface area contributed by atoms with Crippen LogP contribution in [-0.4, -0.2) is 46.0 Å². The summed E-state index contributed by atoms with van der Waals surface area (Å²) in [5.74, 6) is 0.896. The van der Waals surface area contributed by atoms with E-state index in [1.165, 1.54) is 0 Å². The van der Waals surface area contributed by atoms with E-state index in [-0.39, 0.29) is 11.5 Å². The zero-order valence-corrected chi connectivity index (χ0v) is 27.7. The minimum absolute atomic E-state index is 0.113. The number of nitrogens with zero attached hydrogens (tertiary/aromatic N) is 2. The van der Waals surface area contributed by atoms with E-state index >= 15 is 0 Å². The van der Waals surface area contributed by atoms with Gasteiger partial charge in [-0.3, -0.25) is 4.55 Å². The van der Waals surface area contributed by atoms with Gasteiger partial charge < -0.3 is 9.64 Å². The van der Waals surface area contributed by atoms with E-state index < -0.39 is 20.2 Å². The van der Waals surface area contributed by atoms with E-state index in [1.807, 2.05) is 55.5 Å². The van der Waals surface area contributed by atoms with Gasteiger partial charge in [-0.1, -0.05) is 55.0 Å². The third-order valence-corrected chi connectivity index (χ3v) is 9.68. The van der Waals surface area contributed by atoms with Crippen molar-refractivity contribution in [3.63, 3.8) is 0 Å². The Kier molecular flexibility index (Phi) is 10.7. The van der Waals surface area contributed by atoms with Crippen molar-refractivity contribution < 1.29 is 35.0 Å². The first-order valence-corrected chi connectivity index (χ1v) is 18.6. The molecule has 0 bridgehead atoms. The van der Waals surface area contributed by atoms with Crippen molar-refractivity contribution in [3.05, 3.63) is 96.0 Å². The monoisotopic (exact) mass is 666 g/mol. The first-order valence-electron chi connectivity index (χ1n) is 15.4. The SMILES string of the molecule is CCNOS(=O)(=O)CCCCN1/C(=C/c2ccc3cc(C)ccc3[n+]2CCCCS(=O)(=O)O)Oc2ccc(-c3ccccc3)cc21. The Hall–Kier alpha value is -3.81. The number of rotatable bonds is 15. The number of pyridine rings is 1. The topological polar surface area (TPSA) is 126 Å². The molecular formula is C34H40N3O7S2+. The van der Waals surface area contributed by atoms with Crippen LogP contribution in [0.2, 0.25) is 0 Å². The first-order chi connectivity index (χ1) is 22.0. The van der Waals surface area contributed by atoms with Crippen molar-refractivity contribution in [1.82, 2.24) is 5.48 Å². The second-order valence-corrected chi connectivity index (χ2v) is 14.6. The molecule has 244 valence electrons. The van der Waals surface area contributed by atoms with E-state index in [1.54, 1.807) is 6.92 Å². The maximum Gasteiger partial charge on any atom is 0.283 e. The van der Waals surface area contributed by atoms with E-state index in [0.717, 1.165) is 39.0 Å². The van der Waals surface area contributed by atoms with Gasteiger partial charge in [0, 0.05) is 37.0 Å². The maximum atomic E-state index is 12.2. The Balaban J connectivity index is 1.48. The molecule has 0 fully saturated rings. The second-order valence-electron chi connectivity index (χ2n) is 11.3. The fourth-order valence-corrected chi connectivity index (χ4v) is 7.01. The molecule has 1 aliphatic rings. The molecule has 0 saturated carbocycles. The summed E-state index contributed by atoms with van der Waals surface area (Å²) in [5.41, 5.74) is 8.39.